The molecule has 0 spiro atoms. The molecule has 0 saturated carbocycles. The minimum atomic E-state index is -0.696. The molecule has 0 aliphatic rings. The molecular weight excluding hydrogens is 358 g/mol. The van der Waals surface area contributed by atoms with Crippen molar-refractivity contribution in [3.8, 4) is 0 Å². The van der Waals surface area contributed by atoms with Gasteiger partial charge in [-0.15, -0.1) is 0 Å². The van der Waals surface area contributed by atoms with E-state index in [1.165, 1.54) is 6.92 Å². The first-order valence-electron chi connectivity index (χ1n) is 7.22. The van der Waals surface area contributed by atoms with Crippen molar-refractivity contribution in [1.29, 1.82) is 0 Å². The van der Waals surface area contributed by atoms with E-state index < -0.39 is 18.1 Å². The van der Waals surface area contributed by atoms with Crippen molar-refractivity contribution in [2.45, 2.75) is 19.1 Å². The third-order valence-electron chi connectivity index (χ3n) is 3.45. The highest BCUT2D eigenvalue weighted by atomic mass is 79.9. The van der Waals surface area contributed by atoms with Crippen molar-refractivity contribution in [1.82, 2.24) is 5.32 Å². The van der Waals surface area contributed by atoms with Gasteiger partial charge in [0.05, 0.1) is 0 Å². The Kier molecular flexibility index (Phi) is 6.07. The summed E-state index contributed by atoms with van der Waals surface area (Å²) >= 11 is 3.37. The third-order valence-corrected chi connectivity index (χ3v) is 3.97. The van der Waals surface area contributed by atoms with Gasteiger partial charge in [0.25, 0.3) is 0 Å². The second-order valence-electron chi connectivity index (χ2n) is 5.08. The van der Waals surface area contributed by atoms with Crippen LogP contribution in [0, 0.1) is 0 Å². The first kappa shape index (κ1) is 17.4. The molecule has 2 aromatic rings. The normalized spacial score (nSPS) is 13.2. The number of Topliss-reactive ketones (excluding diaryl/α,β-unsaturated/α-hetero) is 1. The highest BCUT2D eigenvalue weighted by Crippen LogP contribution is 2.25. The molecule has 0 heterocycles. The van der Waals surface area contributed by atoms with Crippen LogP contribution in [0.4, 0.5) is 0 Å². The average Bonchev–Trinajstić information content (AvgIpc) is 2.55. The zero-order chi connectivity index (χ0) is 16.8. The van der Waals surface area contributed by atoms with E-state index in [4.69, 9.17) is 4.74 Å². The second-order valence-corrected chi connectivity index (χ2v) is 5.99. The first-order chi connectivity index (χ1) is 11.0. The maximum atomic E-state index is 12.8. The molecule has 0 bridgehead atoms. The van der Waals surface area contributed by atoms with Crippen LogP contribution in [0.2, 0.25) is 0 Å². The molecule has 2 aromatic carbocycles. The van der Waals surface area contributed by atoms with Gasteiger partial charge >= 0.3 is 5.97 Å². The van der Waals surface area contributed by atoms with Gasteiger partial charge < -0.3 is 10.1 Å². The number of nitrogens with one attached hydrogen (secondary N) is 1. The van der Waals surface area contributed by atoms with Gasteiger partial charge in [0, 0.05) is 17.0 Å². The number of carbonyl (C=O) groups is 2. The van der Waals surface area contributed by atoms with Gasteiger partial charge in [-0.25, -0.2) is 0 Å². The summed E-state index contributed by atoms with van der Waals surface area (Å²) < 4.78 is 6.35. The Hall–Kier alpha value is -1.98. The van der Waals surface area contributed by atoms with Crippen LogP contribution in [0.25, 0.3) is 0 Å². The molecule has 1 N–H and O–H groups in total. The van der Waals surface area contributed by atoms with Gasteiger partial charge in [-0.05, 0) is 24.7 Å². The maximum Gasteiger partial charge on any atom is 0.303 e. The molecule has 0 radical (unpaired) electrons. The Morgan fingerprint density at radius 3 is 2.17 bits per heavy atom. The van der Waals surface area contributed by atoms with Crippen molar-refractivity contribution in [3.05, 3.63) is 70.2 Å². The van der Waals surface area contributed by atoms with Crippen LogP contribution in [0.15, 0.2) is 59.1 Å². The SMILES string of the molecule is CNC(C(=O)c1ccccc1)C(OC(C)=O)c1ccc(Br)cc1. The molecule has 2 atom stereocenters. The predicted molar refractivity (Wildman–Crippen MR) is 92.3 cm³/mol. The first-order valence-corrected chi connectivity index (χ1v) is 8.01. The van der Waals surface area contributed by atoms with Gasteiger partial charge in [0.15, 0.2) is 5.78 Å². The summed E-state index contributed by atoms with van der Waals surface area (Å²) in [6, 6.07) is 15.7. The monoisotopic (exact) mass is 375 g/mol. The summed E-state index contributed by atoms with van der Waals surface area (Å²) in [5, 5.41) is 2.98. The van der Waals surface area contributed by atoms with Crippen molar-refractivity contribution in [2.24, 2.45) is 0 Å². The minimum absolute atomic E-state index is 0.123. The Labute approximate surface area is 144 Å². The third kappa shape index (κ3) is 4.50. The summed E-state index contributed by atoms with van der Waals surface area (Å²) in [6.45, 7) is 1.34. The van der Waals surface area contributed by atoms with Crippen molar-refractivity contribution < 1.29 is 14.3 Å². The number of rotatable bonds is 6. The number of likely N-dealkylation sites (N-methyl/N-ethyl adjacent to an activating group) is 1. The molecular formula is C18H18BrNO3. The Bertz CT molecular complexity index is 670. The molecule has 120 valence electrons. The fourth-order valence-electron chi connectivity index (χ4n) is 2.36. The molecule has 0 aliphatic carbocycles. The van der Waals surface area contributed by atoms with E-state index in [1.807, 2.05) is 30.3 Å². The standard InChI is InChI=1S/C18H18BrNO3/c1-12(21)23-18(14-8-10-15(19)11-9-14)16(20-2)17(22)13-6-4-3-5-7-13/h3-11,16,18,20H,1-2H3. The van der Waals surface area contributed by atoms with E-state index >= 15 is 0 Å². The Balaban J connectivity index is 2.37. The zero-order valence-electron chi connectivity index (χ0n) is 13.0. The number of benzene rings is 2. The molecule has 0 fully saturated rings. The molecule has 0 amide bonds. The Morgan fingerprint density at radius 1 is 1.04 bits per heavy atom. The smallest absolute Gasteiger partial charge is 0.303 e. The summed E-state index contributed by atoms with van der Waals surface area (Å²) in [6.07, 6.45) is -0.696. The van der Waals surface area contributed by atoms with E-state index in [0.29, 0.717) is 5.56 Å². The number of esters is 1. The van der Waals surface area contributed by atoms with Gasteiger partial charge in [0.1, 0.15) is 12.1 Å². The molecule has 5 heteroatoms. The van der Waals surface area contributed by atoms with E-state index in [0.717, 1.165) is 10.0 Å². The van der Waals surface area contributed by atoms with E-state index in [1.54, 1.807) is 31.3 Å². The number of hydrogen-bond acceptors (Lipinski definition) is 4. The number of hydrogen-bond donors (Lipinski definition) is 1. The number of carbonyl (C=O) groups excluding carboxylic acids is 2. The lowest BCUT2D eigenvalue weighted by Gasteiger charge is -2.26. The largest absolute Gasteiger partial charge is 0.455 e. The van der Waals surface area contributed by atoms with Crippen molar-refractivity contribution in [3.63, 3.8) is 0 Å². The van der Waals surface area contributed by atoms with Crippen LogP contribution in [-0.4, -0.2) is 24.8 Å². The molecule has 4 nitrogen and oxygen atoms in total. The lowest BCUT2D eigenvalue weighted by atomic mass is 9.95. The molecule has 0 aromatic heterocycles. The van der Waals surface area contributed by atoms with Crippen LogP contribution in [-0.2, 0) is 9.53 Å². The second kappa shape index (κ2) is 8.04. The number of ketones is 1. The maximum absolute atomic E-state index is 12.8. The van der Waals surface area contributed by atoms with E-state index in [-0.39, 0.29) is 5.78 Å². The lowest BCUT2D eigenvalue weighted by molar-refractivity contribution is -0.147. The molecule has 2 unspecified atom stereocenters. The summed E-state index contributed by atoms with van der Waals surface area (Å²) in [7, 11) is 1.68. The van der Waals surface area contributed by atoms with Gasteiger partial charge in [-0.1, -0.05) is 58.4 Å². The fraction of sp³-hybridized carbons (Fsp3) is 0.222. The highest BCUT2D eigenvalue weighted by Gasteiger charge is 2.31. The van der Waals surface area contributed by atoms with Crippen LogP contribution in [0.5, 0.6) is 0 Å². The molecule has 2 rings (SSSR count). The molecule has 0 aliphatic heterocycles. The molecule has 0 saturated heterocycles. The lowest BCUT2D eigenvalue weighted by Crippen LogP contribution is -2.41. The summed E-state index contributed by atoms with van der Waals surface area (Å²) in [4.78, 5) is 24.3. The minimum Gasteiger partial charge on any atom is -0.455 e. The van der Waals surface area contributed by atoms with Gasteiger partial charge in [-0.3, -0.25) is 9.59 Å². The van der Waals surface area contributed by atoms with Crippen LogP contribution in [0.3, 0.4) is 0 Å². The predicted octanol–water partition coefficient (Wildman–Crippen LogP) is 3.52. The Morgan fingerprint density at radius 2 is 1.65 bits per heavy atom. The zero-order valence-corrected chi connectivity index (χ0v) is 14.5. The molecule has 23 heavy (non-hydrogen) atoms. The number of halogens is 1. The van der Waals surface area contributed by atoms with Gasteiger partial charge in [0.2, 0.25) is 0 Å². The summed E-state index contributed by atoms with van der Waals surface area (Å²) in [5.74, 6) is -0.554. The quantitative estimate of drug-likeness (QED) is 0.619. The van der Waals surface area contributed by atoms with E-state index in [9.17, 15) is 9.59 Å². The van der Waals surface area contributed by atoms with Crippen LogP contribution < -0.4 is 5.32 Å². The fourth-order valence-corrected chi connectivity index (χ4v) is 2.63. The van der Waals surface area contributed by atoms with Crippen LogP contribution in [0.1, 0.15) is 28.9 Å². The summed E-state index contributed by atoms with van der Waals surface area (Å²) in [5.41, 5.74) is 1.33. The van der Waals surface area contributed by atoms with Crippen LogP contribution >= 0.6 is 15.9 Å². The average molecular weight is 376 g/mol. The number of ether oxygens (including phenoxy) is 1. The van der Waals surface area contributed by atoms with E-state index in [2.05, 4.69) is 21.2 Å². The highest BCUT2D eigenvalue weighted by molar-refractivity contribution is 9.10. The van der Waals surface area contributed by atoms with Crippen molar-refractivity contribution in [2.75, 3.05) is 7.05 Å². The van der Waals surface area contributed by atoms with Gasteiger partial charge in [-0.2, -0.15) is 0 Å². The van der Waals surface area contributed by atoms with Crippen molar-refractivity contribution >= 4 is 27.7 Å². The topological polar surface area (TPSA) is 55.4 Å².